The molecule has 1 unspecified atom stereocenters. The van der Waals surface area contributed by atoms with Gasteiger partial charge in [-0.25, -0.2) is 9.97 Å². The van der Waals surface area contributed by atoms with Crippen LogP contribution in [0.5, 0.6) is 0 Å². The van der Waals surface area contributed by atoms with E-state index in [2.05, 4.69) is 168 Å². The first-order valence-electron chi connectivity index (χ1n) is 19.8. The molecule has 4 heteroatoms. The number of hydrogen-bond donors (Lipinski definition) is 0. The Hall–Kier alpha value is -6.88. The summed E-state index contributed by atoms with van der Waals surface area (Å²) in [6.45, 7) is 0. The van der Waals surface area contributed by atoms with Gasteiger partial charge in [-0.3, -0.25) is 0 Å². The van der Waals surface area contributed by atoms with Gasteiger partial charge in [0.25, 0.3) is 0 Å². The molecule has 1 aliphatic rings. The molecule has 0 saturated carbocycles. The third-order valence-corrected chi connectivity index (χ3v) is 13.8. The number of para-hydroxylation sites is 2. The molecule has 0 fully saturated rings. The molecule has 3 nitrogen and oxygen atoms in total. The monoisotopic (exact) mass is 743 g/mol. The first kappa shape index (κ1) is 31.3. The highest BCUT2D eigenvalue weighted by Gasteiger charge is 2.31. The maximum absolute atomic E-state index is 5.30. The quantitative estimate of drug-likeness (QED) is 0.180. The second kappa shape index (κ2) is 11.8. The normalized spacial score (nSPS) is 14.4. The zero-order valence-corrected chi connectivity index (χ0v) is 31.7. The van der Waals surface area contributed by atoms with Gasteiger partial charge >= 0.3 is 0 Å². The summed E-state index contributed by atoms with van der Waals surface area (Å²) in [5.41, 5.74) is 15.0. The lowest BCUT2D eigenvalue weighted by Gasteiger charge is -2.21. The SMILES string of the molecule is c1ccc(-c2nc(-c3ccc(C4CCc5ccc6ccccc6c5-c5cc6c7ccccc7n7c8ccccc8c(c54)c67)cc3)c3sc4ccccc4c3n2)cc1. The van der Waals surface area contributed by atoms with Crippen molar-refractivity contribution in [1.82, 2.24) is 14.4 Å². The lowest BCUT2D eigenvalue weighted by atomic mass is 9.81. The molecule has 13 rings (SSSR count). The average Bonchev–Trinajstić information content (AvgIpc) is 3.89. The molecule has 1 atom stereocenters. The van der Waals surface area contributed by atoms with Crippen LogP contribution in [-0.2, 0) is 6.42 Å². The van der Waals surface area contributed by atoms with E-state index in [0.29, 0.717) is 0 Å². The molecule has 4 aromatic heterocycles. The number of fused-ring (bicyclic) bond motifs is 15. The maximum Gasteiger partial charge on any atom is 0.160 e. The van der Waals surface area contributed by atoms with Gasteiger partial charge in [0.05, 0.1) is 32.5 Å². The van der Waals surface area contributed by atoms with Crippen LogP contribution in [0.25, 0.3) is 103 Å². The molecule has 1 aliphatic carbocycles. The van der Waals surface area contributed by atoms with Crippen LogP contribution in [0.4, 0.5) is 0 Å². The Labute approximate surface area is 332 Å². The van der Waals surface area contributed by atoms with Crippen LogP contribution < -0.4 is 0 Å². The van der Waals surface area contributed by atoms with Crippen molar-refractivity contribution < 1.29 is 0 Å². The van der Waals surface area contributed by atoms with Crippen LogP contribution in [0, 0.1) is 0 Å². The van der Waals surface area contributed by atoms with Gasteiger partial charge in [0, 0.05) is 48.7 Å². The zero-order valence-electron chi connectivity index (χ0n) is 30.9. The summed E-state index contributed by atoms with van der Waals surface area (Å²) >= 11 is 1.79. The second-order valence-corrected chi connectivity index (χ2v) is 16.6. The lowest BCUT2D eigenvalue weighted by Crippen LogP contribution is -2.03. The fraction of sp³-hybridized carbons (Fsp3) is 0.0566. The van der Waals surface area contributed by atoms with Crippen molar-refractivity contribution in [3.8, 4) is 33.8 Å². The van der Waals surface area contributed by atoms with Crippen molar-refractivity contribution in [3.05, 3.63) is 187 Å². The van der Waals surface area contributed by atoms with Crippen molar-refractivity contribution in [1.29, 1.82) is 0 Å². The van der Waals surface area contributed by atoms with Crippen molar-refractivity contribution >= 4 is 80.5 Å². The first-order valence-corrected chi connectivity index (χ1v) is 20.7. The molecular formula is C53H33N3S. The number of rotatable bonds is 3. The molecule has 8 aromatic carbocycles. The zero-order chi connectivity index (χ0) is 37.2. The molecule has 57 heavy (non-hydrogen) atoms. The Morgan fingerprint density at radius 2 is 1.26 bits per heavy atom. The van der Waals surface area contributed by atoms with Crippen molar-refractivity contribution in [2.75, 3.05) is 0 Å². The van der Waals surface area contributed by atoms with Crippen molar-refractivity contribution in [3.63, 3.8) is 0 Å². The summed E-state index contributed by atoms with van der Waals surface area (Å²) < 4.78 is 4.89. The fourth-order valence-electron chi connectivity index (χ4n) is 10.1. The first-order chi connectivity index (χ1) is 28.3. The van der Waals surface area contributed by atoms with E-state index in [1.807, 2.05) is 6.07 Å². The van der Waals surface area contributed by atoms with E-state index in [4.69, 9.17) is 9.97 Å². The third-order valence-electron chi connectivity index (χ3n) is 12.6. The minimum absolute atomic E-state index is 0.187. The number of thiophene rings is 1. The van der Waals surface area contributed by atoms with E-state index in [1.165, 1.54) is 86.8 Å². The predicted octanol–water partition coefficient (Wildman–Crippen LogP) is 14.2. The number of aryl methyl sites for hydroxylation is 1. The molecule has 0 amide bonds. The highest BCUT2D eigenvalue weighted by Crippen LogP contribution is 2.52. The molecule has 0 spiro atoms. The lowest BCUT2D eigenvalue weighted by molar-refractivity contribution is 0.731. The van der Waals surface area contributed by atoms with Gasteiger partial charge < -0.3 is 4.40 Å². The van der Waals surface area contributed by atoms with E-state index >= 15 is 0 Å². The number of aromatic nitrogens is 3. The van der Waals surface area contributed by atoms with Crippen LogP contribution in [0.15, 0.2) is 170 Å². The molecule has 0 aliphatic heterocycles. The van der Waals surface area contributed by atoms with E-state index in [0.717, 1.165) is 45.7 Å². The third kappa shape index (κ3) is 4.42. The van der Waals surface area contributed by atoms with Crippen LogP contribution in [0.1, 0.15) is 29.0 Å². The minimum Gasteiger partial charge on any atom is -0.308 e. The Morgan fingerprint density at radius 3 is 2.11 bits per heavy atom. The molecule has 12 aromatic rings. The molecular weight excluding hydrogens is 711 g/mol. The second-order valence-electron chi connectivity index (χ2n) is 15.6. The minimum atomic E-state index is 0.187. The molecule has 0 N–H and O–H groups in total. The van der Waals surface area contributed by atoms with Gasteiger partial charge in [-0.05, 0) is 75.7 Å². The molecule has 0 radical (unpaired) electrons. The maximum atomic E-state index is 5.30. The van der Waals surface area contributed by atoms with Gasteiger partial charge in [-0.1, -0.05) is 146 Å². The van der Waals surface area contributed by atoms with Gasteiger partial charge in [-0.15, -0.1) is 11.3 Å². The van der Waals surface area contributed by atoms with Gasteiger partial charge in [0.1, 0.15) is 0 Å². The van der Waals surface area contributed by atoms with Crippen molar-refractivity contribution in [2.45, 2.75) is 18.8 Å². The Bertz CT molecular complexity index is 3580. The number of benzene rings is 8. The standard InChI is InChI=1S/C53H33N3S/c1-2-13-35(14-3-1)53-54-49(52-50(55-53)40-18-8-11-21-45(40)57-52)34-26-23-32(24-27-34)37-29-28-33-25-22-31-12-4-5-15-36(31)46(33)42-30-41-38-16-6-9-19-43(38)56-44-20-10-7-17-39(44)48(47(37)42)51(41)56/h1-27,30,37H,28-29H2. The summed E-state index contributed by atoms with van der Waals surface area (Å²) in [5, 5.41) is 9.16. The van der Waals surface area contributed by atoms with Gasteiger partial charge in [-0.2, -0.15) is 0 Å². The molecule has 266 valence electrons. The summed E-state index contributed by atoms with van der Waals surface area (Å²) in [6.07, 6.45) is 2.02. The Balaban J connectivity index is 1.07. The topological polar surface area (TPSA) is 30.2 Å². The molecule has 4 heterocycles. The summed E-state index contributed by atoms with van der Waals surface area (Å²) in [6, 6.07) is 62.6. The molecule has 0 bridgehead atoms. The largest absolute Gasteiger partial charge is 0.308 e. The van der Waals surface area contributed by atoms with Crippen LogP contribution in [-0.4, -0.2) is 14.4 Å². The van der Waals surface area contributed by atoms with E-state index in [1.54, 1.807) is 11.3 Å². The van der Waals surface area contributed by atoms with Crippen LogP contribution in [0.2, 0.25) is 0 Å². The fourth-order valence-corrected chi connectivity index (χ4v) is 11.3. The van der Waals surface area contributed by atoms with Crippen molar-refractivity contribution in [2.24, 2.45) is 0 Å². The number of nitrogens with zero attached hydrogens (tertiary/aromatic N) is 3. The van der Waals surface area contributed by atoms with Crippen LogP contribution >= 0.6 is 11.3 Å². The highest BCUT2D eigenvalue weighted by molar-refractivity contribution is 7.26. The predicted molar refractivity (Wildman–Crippen MR) is 240 cm³/mol. The van der Waals surface area contributed by atoms with E-state index in [-0.39, 0.29) is 5.92 Å². The van der Waals surface area contributed by atoms with Gasteiger partial charge in [0.15, 0.2) is 5.82 Å². The summed E-state index contributed by atoms with van der Waals surface area (Å²) in [4.78, 5) is 10.5. The smallest absolute Gasteiger partial charge is 0.160 e. The summed E-state index contributed by atoms with van der Waals surface area (Å²) in [7, 11) is 0. The highest BCUT2D eigenvalue weighted by atomic mass is 32.1. The Kier molecular flexibility index (Phi) is 6.50. The van der Waals surface area contributed by atoms with E-state index < -0.39 is 0 Å². The van der Waals surface area contributed by atoms with Gasteiger partial charge in [0.2, 0.25) is 0 Å². The number of hydrogen-bond acceptors (Lipinski definition) is 3. The van der Waals surface area contributed by atoms with E-state index in [9.17, 15) is 0 Å². The van der Waals surface area contributed by atoms with Crippen LogP contribution in [0.3, 0.4) is 0 Å². The average molecular weight is 744 g/mol. The summed E-state index contributed by atoms with van der Waals surface area (Å²) in [5.74, 6) is 0.946. The Morgan fingerprint density at radius 1 is 0.561 bits per heavy atom. The molecule has 0 saturated heterocycles.